The zero-order valence-corrected chi connectivity index (χ0v) is 11.1. The molecule has 0 aliphatic rings. The summed E-state index contributed by atoms with van der Waals surface area (Å²) in [5, 5.41) is 3.13. The maximum atomic E-state index is 13.1. The second-order valence-corrected chi connectivity index (χ2v) is 4.49. The highest BCUT2D eigenvalue weighted by atomic mass is 19.4. The maximum Gasteiger partial charge on any atom is 0.416 e. The number of hydrogen-bond acceptors (Lipinski definition) is 1. The Hall–Kier alpha value is -1.81. The standard InChI is InChI=1S/C16H16F3N/c1-2-20-15(12-8-4-3-5-9-12)13-10-6-7-11-14(13)16(17,18)19/h3-11,15,20H,2H2,1H3. The number of benzene rings is 2. The van der Waals surface area contributed by atoms with E-state index in [4.69, 9.17) is 0 Å². The maximum absolute atomic E-state index is 13.1. The lowest BCUT2D eigenvalue weighted by atomic mass is 9.94. The summed E-state index contributed by atoms with van der Waals surface area (Å²) in [4.78, 5) is 0. The summed E-state index contributed by atoms with van der Waals surface area (Å²) >= 11 is 0. The lowest BCUT2D eigenvalue weighted by Gasteiger charge is -2.23. The summed E-state index contributed by atoms with van der Waals surface area (Å²) in [5.74, 6) is 0. The molecule has 0 aliphatic carbocycles. The van der Waals surface area contributed by atoms with Gasteiger partial charge in [0.2, 0.25) is 0 Å². The fourth-order valence-corrected chi connectivity index (χ4v) is 2.26. The van der Waals surface area contributed by atoms with Crippen molar-refractivity contribution in [2.24, 2.45) is 0 Å². The fourth-order valence-electron chi connectivity index (χ4n) is 2.26. The topological polar surface area (TPSA) is 12.0 Å². The van der Waals surface area contributed by atoms with Crippen LogP contribution in [0.25, 0.3) is 0 Å². The Labute approximate surface area is 116 Å². The first kappa shape index (κ1) is 14.6. The molecular formula is C16H16F3N. The molecule has 0 amide bonds. The molecule has 1 N–H and O–H groups in total. The molecule has 0 spiro atoms. The van der Waals surface area contributed by atoms with Gasteiger partial charge in [-0.25, -0.2) is 0 Å². The van der Waals surface area contributed by atoms with Gasteiger partial charge in [-0.3, -0.25) is 0 Å². The largest absolute Gasteiger partial charge is 0.416 e. The monoisotopic (exact) mass is 279 g/mol. The molecule has 0 saturated heterocycles. The Morgan fingerprint density at radius 3 is 2.15 bits per heavy atom. The van der Waals surface area contributed by atoms with E-state index in [0.717, 1.165) is 11.6 Å². The third-order valence-corrected chi connectivity index (χ3v) is 3.12. The van der Waals surface area contributed by atoms with Crippen molar-refractivity contribution in [3.63, 3.8) is 0 Å². The van der Waals surface area contributed by atoms with Crippen molar-refractivity contribution in [1.82, 2.24) is 5.32 Å². The van der Waals surface area contributed by atoms with Gasteiger partial charge in [-0.2, -0.15) is 13.2 Å². The zero-order valence-electron chi connectivity index (χ0n) is 11.1. The number of halogens is 3. The predicted octanol–water partition coefficient (Wildman–Crippen LogP) is 4.40. The number of hydrogen-bond donors (Lipinski definition) is 1. The zero-order chi connectivity index (χ0) is 14.6. The smallest absolute Gasteiger partial charge is 0.307 e. The lowest BCUT2D eigenvalue weighted by molar-refractivity contribution is -0.138. The van der Waals surface area contributed by atoms with E-state index in [-0.39, 0.29) is 5.56 Å². The summed E-state index contributed by atoms with van der Waals surface area (Å²) in [6.45, 7) is 2.47. The first-order valence-corrected chi connectivity index (χ1v) is 6.48. The van der Waals surface area contributed by atoms with Crippen LogP contribution in [-0.2, 0) is 6.18 Å². The molecule has 20 heavy (non-hydrogen) atoms. The fraction of sp³-hybridized carbons (Fsp3) is 0.250. The quantitative estimate of drug-likeness (QED) is 0.874. The number of nitrogens with one attached hydrogen (secondary N) is 1. The van der Waals surface area contributed by atoms with E-state index < -0.39 is 17.8 Å². The minimum absolute atomic E-state index is 0.257. The van der Waals surface area contributed by atoms with E-state index in [1.165, 1.54) is 12.1 Å². The van der Waals surface area contributed by atoms with Gasteiger partial charge in [-0.1, -0.05) is 55.5 Å². The molecule has 0 aromatic heterocycles. The van der Waals surface area contributed by atoms with Gasteiger partial charge in [-0.15, -0.1) is 0 Å². The molecule has 0 aliphatic heterocycles. The van der Waals surface area contributed by atoms with Gasteiger partial charge in [0.05, 0.1) is 11.6 Å². The van der Waals surface area contributed by atoms with Crippen molar-refractivity contribution >= 4 is 0 Å². The van der Waals surface area contributed by atoms with Crippen LogP contribution < -0.4 is 5.32 Å². The molecule has 106 valence electrons. The van der Waals surface area contributed by atoms with Crippen LogP contribution in [0.4, 0.5) is 13.2 Å². The number of rotatable bonds is 4. The molecule has 4 heteroatoms. The Morgan fingerprint density at radius 1 is 0.950 bits per heavy atom. The third kappa shape index (κ3) is 3.20. The second kappa shape index (κ2) is 6.09. The van der Waals surface area contributed by atoms with Gasteiger partial charge in [-0.05, 0) is 23.7 Å². The third-order valence-electron chi connectivity index (χ3n) is 3.12. The van der Waals surface area contributed by atoms with Gasteiger partial charge in [0.15, 0.2) is 0 Å². The van der Waals surface area contributed by atoms with Gasteiger partial charge in [0.1, 0.15) is 0 Å². The molecule has 1 nitrogen and oxygen atoms in total. The van der Waals surface area contributed by atoms with E-state index in [2.05, 4.69) is 5.32 Å². The normalized spacial score (nSPS) is 13.2. The highest BCUT2D eigenvalue weighted by Crippen LogP contribution is 2.36. The Bertz CT molecular complexity index is 549. The average Bonchev–Trinajstić information content (AvgIpc) is 2.45. The van der Waals surface area contributed by atoms with Gasteiger partial charge in [0, 0.05) is 0 Å². The van der Waals surface area contributed by atoms with Crippen molar-refractivity contribution in [3.8, 4) is 0 Å². The molecule has 0 heterocycles. The average molecular weight is 279 g/mol. The molecule has 0 radical (unpaired) electrons. The van der Waals surface area contributed by atoms with Crippen LogP contribution in [-0.4, -0.2) is 6.54 Å². The van der Waals surface area contributed by atoms with Crippen molar-refractivity contribution in [1.29, 1.82) is 0 Å². The molecule has 1 atom stereocenters. The lowest BCUT2D eigenvalue weighted by Crippen LogP contribution is -2.25. The minimum atomic E-state index is -4.35. The highest BCUT2D eigenvalue weighted by molar-refractivity contribution is 5.38. The minimum Gasteiger partial charge on any atom is -0.307 e. The predicted molar refractivity (Wildman–Crippen MR) is 73.4 cm³/mol. The van der Waals surface area contributed by atoms with Crippen LogP contribution in [0.1, 0.15) is 29.7 Å². The van der Waals surface area contributed by atoms with E-state index in [1.807, 2.05) is 37.3 Å². The molecule has 2 aromatic rings. The summed E-state index contributed by atoms with van der Waals surface area (Å²) in [5.41, 5.74) is 0.494. The molecular weight excluding hydrogens is 263 g/mol. The van der Waals surface area contributed by atoms with E-state index in [0.29, 0.717) is 6.54 Å². The Balaban J connectivity index is 2.51. The molecule has 0 fully saturated rings. The first-order chi connectivity index (χ1) is 9.54. The number of alkyl halides is 3. The van der Waals surface area contributed by atoms with Crippen molar-refractivity contribution in [2.45, 2.75) is 19.1 Å². The van der Waals surface area contributed by atoms with Crippen molar-refractivity contribution < 1.29 is 13.2 Å². The molecule has 0 bridgehead atoms. The van der Waals surface area contributed by atoms with Crippen molar-refractivity contribution in [2.75, 3.05) is 6.54 Å². The van der Waals surface area contributed by atoms with Crippen LogP contribution in [0.3, 0.4) is 0 Å². The summed E-state index contributed by atoms with van der Waals surface area (Å²) in [6, 6.07) is 14.4. The van der Waals surface area contributed by atoms with E-state index in [9.17, 15) is 13.2 Å². The van der Waals surface area contributed by atoms with Crippen LogP contribution in [0.5, 0.6) is 0 Å². The van der Waals surface area contributed by atoms with E-state index in [1.54, 1.807) is 6.07 Å². The van der Waals surface area contributed by atoms with E-state index >= 15 is 0 Å². The van der Waals surface area contributed by atoms with Gasteiger partial charge in [0.25, 0.3) is 0 Å². The van der Waals surface area contributed by atoms with Crippen LogP contribution >= 0.6 is 0 Å². The molecule has 2 aromatic carbocycles. The molecule has 1 unspecified atom stereocenters. The van der Waals surface area contributed by atoms with Gasteiger partial charge >= 0.3 is 6.18 Å². The summed E-state index contributed by atoms with van der Waals surface area (Å²) < 4.78 is 39.4. The SMILES string of the molecule is CCNC(c1ccccc1)c1ccccc1C(F)(F)F. The van der Waals surface area contributed by atoms with Crippen molar-refractivity contribution in [3.05, 3.63) is 71.3 Å². The Morgan fingerprint density at radius 2 is 1.55 bits per heavy atom. The molecule has 0 saturated carbocycles. The van der Waals surface area contributed by atoms with Crippen LogP contribution in [0.15, 0.2) is 54.6 Å². The van der Waals surface area contributed by atoms with Crippen LogP contribution in [0, 0.1) is 0 Å². The summed E-state index contributed by atoms with van der Waals surface area (Å²) in [6.07, 6.45) is -4.35. The Kier molecular flexibility index (Phi) is 4.45. The van der Waals surface area contributed by atoms with Gasteiger partial charge < -0.3 is 5.32 Å². The summed E-state index contributed by atoms with van der Waals surface area (Å²) in [7, 11) is 0. The highest BCUT2D eigenvalue weighted by Gasteiger charge is 2.35. The molecule has 2 rings (SSSR count). The second-order valence-electron chi connectivity index (χ2n) is 4.49. The van der Waals surface area contributed by atoms with Crippen LogP contribution in [0.2, 0.25) is 0 Å². The first-order valence-electron chi connectivity index (χ1n) is 6.48.